The monoisotopic (exact) mass is 283 g/mol. The Bertz CT molecular complexity index is 669. The lowest BCUT2D eigenvalue weighted by atomic mass is 9.99. The van der Waals surface area contributed by atoms with Crippen molar-refractivity contribution in [2.75, 3.05) is 13.0 Å². The molecule has 0 saturated carbocycles. The summed E-state index contributed by atoms with van der Waals surface area (Å²) in [5.74, 6) is -4.44. The maximum absolute atomic E-state index is 11.3. The summed E-state index contributed by atoms with van der Waals surface area (Å²) in [6, 6.07) is 7.73. The van der Waals surface area contributed by atoms with Crippen LogP contribution < -0.4 is 10.6 Å². The molecule has 0 aromatic heterocycles. The smallest absolute Gasteiger partial charge is 0.200 e. The maximum atomic E-state index is 11.3. The van der Waals surface area contributed by atoms with E-state index in [9.17, 15) is 9.90 Å². The van der Waals surface area contributed by atoms with E-state index in [0.717, 1.165) is 5.56 Å². The van der Waals surface area contributed by atoms with Crippen LogP contribution in [0.2, 0.25) is 0 Å². The SMILES string of the molecule is [2H]C([2H])([2H])C([2H])(C([2H])([2H])[2H])C([2H])([2H])NC[C@@H](O)[C@H](Cc1ccccc1)NC([B])=O. The molecule has 3 N–H and O–H groups in total. The lowest BCUT2D eigenvalue weighted by molar-refractivity contribution is 0.128. The Balaban J connectivity index is 3.02. The fourth-order valence-electron chi connectivity index (χ4n) is 1.72. The van der Waals surface area contributed by atoms with Gasteiger partial charge in [0, 0.05) is 18.9 Å². The number of amides is 1. The van der Waals surface area contributed by atoms with Crippen molar-refractivity contribution >= 4 is 13.7 Å². The van der Waals surface area contributed by atoms with Crippen LogP contribution in [0.1, 0.15) is 31.6 Å². The van der Waals surface area contributed by atoms with E-state index in [1.165, 1.54) is 0 Å². The van der Waals surface area contributed by atoms with Crippen LogP contribution in [-0.2, 0) is 6.42 Å². The predicted octanol–water partition coefficient (Wildman–Crippen LogP) is 1.08. The molecule has 1 aromatic rings. The van der Waals surface area contributed by atoms with Crippen molar-refractivity contribution in [3.8, 4) is 0 Å². The number of benzene rings is 1. The van der Waals surface area contributed by atoms with Crippen molar-refractivity contribution in [1.82, 2.24) is 10.6 Å². The molecule has 0 heterocycles. The molecule has 0 fully saturated rings. The van der Waals surface area contributed by atoms with E-state index in [-0.39, 0.29) is 6.42 Å². The van der Waals surface area contributed by atoms with Crippen molar-refractivity contribution in [2.45, 2.75) is 32.3 Å². The molecule has 0 aliphatic heterocycles. The Kier molecular flexibility index (Phi) is 3.34. The Hall–Kier alpha value is -1.33. The van der Waals surface area contributed by atoms with Crippen LogP contribution in [-0.4, -0.2) is 43.9 Å². The maximum Gasteiger partial charge on any atom is 0.200 e. The molecule has 5 heteroatoms. The molecule has 0 unspecified atom stereocenters. The highest BCUT2D eigenvalue weighted by Crippen LogP contribution is 2.06. The van der Waals surface area contributed by atoms with E-state index in [2.05, 4.69) is 5.32 Å². The molecule has 2 radical (unpaired) electrons. The number of hydrogen-bond donors (Lipinski definition) is 3. The first-order valence-corrected chi connectivity index (χ1v) is 6.06. The molecule has 0 saturated heterocycles. The first-order valence-electron chi connectivity index (χ1n) is 10.6. The number of aliphatic hydroxyl groups excluding tert-OH is 1. The number of aliphatic hydroxyl groups is 1. The lowest BCUT2D eigenvalue weighted by Gasteiger charge is -2.25. The molecule has 1 aromatic carbocycles. The molecule has 1 rings (SSSR count). The van der Waals surface area contributed by atoms with Crippen LogP contribution in [0.3, 0.4) is 0 Å². The second-order valence-electron chi connectivity index (χ2n) is 4.25. The minimum atomic E-state index is -3.50. The minimum Gasteiger partial charge on any atom is -0.390 e. The van der Waals surface area contributed by atoms with E-state index in [4.69, 9.17) is 20.2 Å². The summed E-state index contributed by atoms with van der Waals surface area (Å²) >= 11 is 0. The molecule has 0 bridgehead atoms. The molecule has 2 atom stereocenters. The summed E-state index contributed by atoms with van der Waals surface area (Å²) in [4.78, 5) is 11.3. The quantitative estimate of drug-likeness (QED) is 0.626. The number of hydrogen-bond acceptors (Lipinski definition) is 3. The number of carbonyl (C=O) groups excluding carboxylic acids is 1. The minimum absolute atomic E-state index is 0.125. The average Bonchev–Trinajstić information content (AvgIpc) is 2.56. The van der Waals surface area contributed by atoms with Crippen LogP contribution >= 0.6 is 0 Å². The summed E-state index contributed by atoms with van der Waals surface area (Å²) in [5.41, 5.74) is 0.730. The topological polar surface area (TPSA) is 61.4 Å². The summed E-state index contributed by atoms with van der Waals surface area (Å²) in [5, 5.41) is 14.8. The zero-order valence-corrected chi connectivity index (χ0v) is 10.9. The normalized spacial score (nSPS) is 23.1. The summed E-state index contributed by atoms with van der Waals surface area (Å²) in [7, 11) is 5.12. The van der Waals surface area contributed by atoms with E-state index in [1.807, 2.05) is 5.32 Å². The van der Waals surface area contributed by atoms with Gasteiger partial charge in [-0.05, 0) is 24.4 Å². The van der Waals surface area contributed by atoms with Gasteiger partial charge in [0.15, 0.2) is 5.81 Å². The van der Waals surface area contributed by atoms with Crippen LogP contribution in [0, 0.1) is 5.89 Å². The van der Waals surface area contributed by atoms with Gasteiger partial charge in [-0.25, -0.2) is 0 Å². The standard InChI is InChI=1S/C15H23BN2O2/c1-11(2)9-17-10-14(19)13(18-15(16)20)8-12-6-4-3-5-7-12/h3-7,11,13-14,17,19H,8-10H2,1-2H3,(H,18,20)/t13-,14+/m0/s1/i1D3,2D3,9D2,11D. The van der Waals surface area contributed by atoms with Crippen molar-refractivity contribution in [1.29, 1.82) is 0 Å². The van der Waals surface area contributed by atoms with Crippen LogP contribution in [0.15, 0.2) is 30.3 Å². The Morgan fingerprint density at radius 1 is 1.50 bits per heavy atom. The molecule has 20 heavy (non-hydrogen) atoms. The Morgan fingerprint density at radius 2 is 2.20 bits per heavy atom. The zero-order chi connectivity index (χ0) is 22.7. The van der Waals surface area contributed by atoms with Crippen molar-refractivity contribution in [2.24, 2.45) is 5.89 Å². The highest BCUT2D eigenvalue weighted by Gasteiger charge is 2.20. The lowest BCUT2D eigenvalue weighted by Crippen LogP contribution is -2.48. The van der Waals surface area contributed by atoms with Gasteiger partial charge in [-0.15, -0.1) is 0 Å². The molecule has 0 aliphatic rings. The summed E-state index contributed by atoms with van der Waals surface area (Å²) in [6.45, 7) is -10.9. The van der Waals surface area contributed by atoms with Crippen molar-refractivity contribution < 1.29 is 22.2 Å². The Morgan fingerprint density at radius 3 is 2.80 bits per heavy atom. The van der Waals surface area contributed by atoms with Gasteiger partial charge in [-0.3, -0.25) is 4.79 Å². The third kappa shape index (κ3) is 6.73. The van der Waals surface area contributed by atoms with E-state index < -0.39 is 50.6 Å². The summed E-state index contributed by atoms with van der Waals surface area (Å²) < 4.78 is 68.0. The predicted molar refractivity (Wildman–Crippen MR) is 81.9 cm³/mol. The molecule has 1 amide bonds. The van der Waals surface area contributed by atoms with Gasteiger partial charge in [-0.1, -0.05) is 44.0 Å². The molecule has 4 nitrogen and oxygen atoms in total. The summed E-state index contributed by atoms with van der Waals surface area (Å²) in [6.07, 6.45) is -1.34. The fourth-order valence-corrected chi connectivity index (χ4v) is 1.72. The molecule has 0 aliphatic carbocycles. The zero-order valence-electron chi connectivity index (χ0n) is 19.9. The van der Waals surface area contributed by atoms with E-state index in [0.29, 0.717) is 0 Å². The van der Waals surface area contributed by atoms with E-state index in [1.54, 1.807) is 30.3 Å². The molecule has 0 spiro atoms. The molecular weight excluding hydrogens is 251 g/mol. The Labute approximate surface area is 135 Å². The van der Waals surface area contributed by atoms with Gasteiger partial charge in [0.25, 0.3) is 0 Å². The highest BCUT2D eigenvalue weighted by molar-refractivity contribution is 6.57. The largest absolute Gasteiger partial charge is 0.390 e. The fraction of sp³-hybridized carbons (Fsp3) is 0.533. The van der Waals surface area contributed by atoms with Gasteiger partial charge in [0.2, 0.25) is 7.85 Å². The van der Waals surface area contributed by atoms with Gasteiger partial charge >= 0.3 is 0 Å². The first-order chi connectivity index (χ1) is 13.0. The third-order valence-electron chi connectivity index (χ3n) is 2.62. The van der Waals surface area contributed by atoms with Crippen LogP contribution in [0.25, 0.3) is 0 Å². The van der Waals surface area contributed by atoms with E-state index >= 15 is 0 Å². The van der Waals surface area contributed by atoms with Gasteiger partial charge in [0.1, 0.15) is 0 Å². The highest BCUT2D eigenvalue weighted by atomic mass is 16.3. The number of rotatable bonds is 8. The van der Waals surface area contributed by atoms with Gasteiger partial charge in [0.05, 0.1) is 12.1 Å². The number of carbonyl (C=O) groups is 1. The molecule has 108 valence electrons. The third-order valence-corrected chi connectivity index (χ3v) is 2.62. The van der Waals surface area contributed by atoms with Crippen molar-refractivity contribution in [3.05, 3.63) is 35.9 Å². The van der Waals surface area contributed by atoms with Crippen LogP contribution in [0.4, 0.5) is 4.79 Å². The average molecular weight is 283 g/mol. The molecular formula is C15H23BN2O2. The van der Waals surface area contributed by atoms with Gasteiger partial charge in [-0.2, -0.15) is 0 Å². The van der Waals surface area contributed by atoms with Crippen molar-refractivity contribution in [3.63, 3.8) is 0 Å². The second kappa shape index (κ2) is 8.77. The van der Waals surface area contributed by atoms with Crippen LogP contribution in [0.5, 0.6) is 0 Å². The first kappa shape index (κ1) is 7.62. The second-order valence-corrected chi connectivity index (χ2v) is 4.25. The van der Waals surface area contributed by atoms with Gasteiger partial charge < -0.3 is 15.7 Å². The number of nitrogens with one attached hydrogen (secondary N) is 2.